The number of rotatable bonds is 10. The Labute approximate surface area is 189 Å². The third-order valence-electron chi connectivity index (χ3n) is 4.96. The molecule has 0 aromatic heterocycles. The normalized spacial score (nSPS) is 39.9. The van der Waals surface area contributed by atoms with Crippen LogP contribution in [-0.4, -0.2) is 132 Å². The van der Waals surface area contributed by atoms with Gasteiger partial charge in [0.1, 0.15) is 48.8 Å². The summed E-state index contributed by atoms with van der Waals surface area (Å²) in [5.74, 6) is -0.555. The summed E-state index contributed by atoms with van der Waals surface area (Å²) in [7, 11) is -4.91. The lowest BCUT2D eigenvalue weighted by molar-refractivity contribution is -0.347. The van der Waals surface area contributed by atoms with E-state index in [0.717, 1.165) is 0 Å². The van der Waals surface area contributed by atoms with E-state index in [4.69, 9.17) is 29.2 Å². The zero-order valence-corrected chi connectivity index (χ0v) is 18.4. The van der Waals surface area contributed by atoms with E-state index in [2.05, 4.69) is 9.50 Å². The standard InChI is InChI=1S/C16H30N2O14S/c1-6(20)18-9-11(22)14(7(4-19)30-15(9)28-3-2-17)32-16-13(24)12(23)10(21)8(31-16)5-29-33(25,26)27/h7-16,19,21-24H,2-5,17H2,1H3,(H,18,20)(H,25,26,27)/t7-,8-,9-,10+,11-,12+,13-,14-,15+,16+/m1/s1. The number of hydrogen-bond donors (Lipinski definition) is 8. The minimum absolute atomic E-state index is 0.00111. The molecule has 0 radical (unpaired) electrons. The van der Waals surface area contributed by atoms with Crippen molar-refractivity contribution in [3.63, 3.8) is 0 Å². The van der Waals surface area contributed by atoms with Crippen LogP contribution in [0.2, 0.25) is 0 Å². The predicted octanol–water partition coefficient (Wildman–Crippen LogP) is -5.44. The molecular weight excluding hydrogens is 476 g/mol. The number of ether oxygens (including phenoxy) is 4. The van der Waals surface area contributed by atoms with Gasteiger partial charge in [0.05, 0.1) is 19.8 Å². The van der Waals surface area contributed by atoms with E-state index in [1.54, 1.807) is 0 Å². The molecule has 194 valence electrons. The van der Waals surface area contributed by atoms with Crippen molar-refractivity contribution in [1.29, 1.82) is 0 Å². The summed E-state index contributed by atoms with van der Waals surface area (Å²) in [6.45, 7) is -0.379. The molecule has 2 saturated heterocycles. The lowest BCUT2D eigenvalue weighted by Crippen LogP contribution is -2.67. The molecule has 2 rings (SSSR count). The van der Waals surface area contributed by atoms with Crippen molar-refractivity contribution in [2.45, 2.75) is 68.3 Å². The first-order valence-electron chi connectivity index (χ1n) is 9.89. The van der Waals surface area contributed by atoms with Gasteiger partial charge in [-0.15, -0.1) is 0 Å². The molecule has 0 aromatic carbocycles. The van der Waals surface area contributed by atoms with E-state index in [9.17, 15) is 38.7 Å². The second kappa shape index (κ2) is 12.1. The molecule has 2 aliphatic heterocycles. The van der Waals surface area contributed by atoms with Crippen LogP contribution in [0.1, 0.15) is 6.92 Å². The Morgan fingerprint density at radius 2 is 1.67 bits per heavy atom. The van der Waals surface area contributed by atoms with Gasteiger partial charge >= 0.3 is 10.4 Å². The summed E-state index contributed by atoms with van der Waals surface area (Å²) in [5, 5.41) is 53.3. The molecule has 0 unspecified atom stereocenters. The zero-order valence-electron chi connectivity index (χ0n) is 17.5. The highest BCUT2D eigenvalue weighted by molar-refractivity contribution is 7.80. The Balaban J connectivity index is 2.21. The second-order valence-electron chi connectivity index (χ2n) is 7.43. The third-order valence-corrected chi connectivity index (χ3v) is 5.40. The largest absolute Gasteiger partial charge is 0.397 e. The van der Waals surface area contributed by atoms with E-state index in [-0.39, 0.29) is 13.2 Å². The van der Waals surface area contributed by atoms with Gasteiger partial charge in [-0.1, -0.05) is 0 Å². The van der Waals surface area contributed by atoms with Crippen molar-refractivity contribution >= 4 is 16.3 Å². The monoisotopic (exact) mass is 506 g/mol. The van der Waals surface area contributed by atoms with Crippen LogP contribution in [0.5, 0.6) is 0 Å². The van der Waals surface area contributed by atoms with Crippen molar-refractivity contribution in [3.05, 3.63) is 0 Å². The maximum absolute atomic E-state index is 11.6. The summed E-state index contributed by atoms with van der Waals surface area (Å²) in [5.41, 5.74) is 5.39. The van der Waals surface area contributed by atoms with Crippen LogP contribution in [0.15, 0.2) is 0 Å². The maximum atomic E-state index is 11.6. The Bertz CT molecular complexity index is 741. The average Bonchev–Trinajstić information content (AvgIpc) is 2.74. The highest BCUT2D eigenvalue weighted by atomic mass is 32.3. The number of nitrogens with one attached hydrogen (secondary N) is 1. The molecule has 0 bridgehead atoms. The Kier molecular flexibility index (Phi) is 10.3. The van der Waals surface area contributed by atoms with E-state index >= 15 is 0 Å². The van der Waals surface area contributed by atoms with Gasteiger partial charge in [0.15, 0.2) is 12.6 Å². The molecule has 0 saturated carbocycles. The number of carbonyl (C=O) groups excluding carboxylic acids is 1. The Hall–Kier alpha value is -1.06. The minimum Gasteiger partial charge on any atom is -0.394 e. The summed E-state index contributed by atoms with van der Waals surface area (Å²) in [4.78, 5) is 11.6. The van der Waals surface area contributed by atoms with Gasteiger partial charge in [-0.2, -0.15) is 8.42 Å². The first-order valence-corrected chi connectivity index (χ1v) is 11.3. The molecule has 0 aromatic rings. The fraction of sp³-hybridized carbons (Fsp3) is 0.938. The highest BCUT2D eigenvalue weighted by Gasteiger charge is 2.51. The lowest BCUT2D eigenvalue weighted by atomic mass is 9.95. The van der Waals surface area contributed by atoms with Crippen LogP contribution in [-0.2, 0) is 38.3 Å². The quantitative estimate of drug-likeness (QED) is 0.129. The number of carbonyl (C=O) groups is 1. The zero-order chi connectivity index (χ0) is 24.9. The molecule has 2 heterocycles. The first kappa shape index (κ1) is 28.2. The molecule has 16 nitrogen and oxygen atoms in total. The number of aliphatic hydroxyl groups excluding tert-OH is 5. The summed E-state index contributed by atoms with van der Waals surface area (Å²) in [6, 6.07) is -1.20. The fourth-order valence-electron chi connectivity index (χ4n) is 3.42. The van der Waals surface area contributed by atoms with Crippen LogP contribution >= 0.6 is 0 Å². The average molecular weight is 506 g/mol. The number of hydrogen-bond acceptors (Lipinski definition) is 14. The highest BCUT2D eigenvalue weighted by Crippen LogP contribution is 2.29. The van der Waals surface area contributed by atoms with Crippen molar-refractivity contribution in [3.8, 4) is 0 Å². The van der Waals surface area contributed by atoms with Crippen LogP contribution in [0.25, 0.3) is 0 Å². The van der Waals surface area contributed by atoms with Crippen molar-refractivity contribution in [1.82, 2.24) is 5.32 Å². The van der Waals surface area contributed by atoms with Crippen LogP contribution in [0, 0.1) is 0 Å². The molecule has 9 N–H and O–H groups in total. The molecule has 1 amide bonds. The molecule has 2 aliphatic rings. The molecule has 2 fully saturated rings. The predicted molar refractivity (Wildman–Crippen MR) is 103 cm³/mol. The molecular formula is C16H30N2O14S. The number of aliphatic hydroxyl groups is 5. The van der Waals surface area contributed by atoms with Gasteiger partial charge in [0.25, 0.3) is 0 Å². The van der Waals surface area contributed by atoms with Crippen LogP contribution in [0.4, 0.5) is 0 Å². The van der Waals surface area contributed by atoms with Gasteiger partial charge in [0, 0.05) is 13.5 Å². The van der Waals surface area contributed by atoms with E-state index in [0.29, 0.717) is 0 Å². The van der Waals surface area contributed by atoms with Crippen LogP contribution in [0.3, 0.4) is 0 Å². The summed E-state index contributed by atoms with van der Waals surface area (Å²) in [6.07, 6.45) is -14.5. The van der Waals surface area contributed by atoms with Gasteiger partial charge in [0.2, 0.25) is 5.91 Å². The van der Waals surface area contributed by atoms with Gasteiger partial charge in [-0.05, 0) is 0 Å². The topological polar surface area (TPSA) is 257 Å². The molecule has 0 aliphatic carbocycles. The Morgan fingerprint density at radius 1 is 1.03 bits per heavy atom. The van der Waals surface area contributed by atoms with Crippen LogP contribution < -0.4 is 11.1 Å². The molecule has 10 atom stereocenters. The van der Waals surface area contributed by atoms with Gasteiger partial charge < -0.3 is 55.5 Å². The van der Waals surface area contributed by atoms with E-state index in [1.807, 2.05) is 0 Å². The Morgan fingerprint density at radius 3 is 2.21 bits per heavy atom. The molecule has 17 heteroatoms. The molecule has 33 heavy (non-hydrogen) atoms. The third kappa shape index (κ3) is 7.46. The molecule has 0 spiro atoms. The second-order valence-corrected chi connectivity index (χ2v) is 8.52. The van der Waals surface area contributed by atoms with Crippen molar-refractivity contribution in [2.75, 3.05) is 26.4 Å². The SMILES string of the molecule is CC(=O)N[C@H]1[C@@H](OCCN)O[C@H](CO)[C@@H](O[C@@H]2O[C@H](COS(=O)(=O)O)[C@H](O)[C@H](O)[C@H]2O)[C@@H]1O. The fourth-order valence-corrected chi connectivity index (χ4v) is 3.73. The van der Waals surface area contributed by atoms with E-state index < -0.39 is 90.9 Å². The first-order chi connectivity index (χ1) is 15.4. The van der Waals surface area contributed by atoms with Crippen molar-refractivity contribution < 1.29 is 66.4 Å². The number of nitrogens with two attached hydrogens (primary N) is 1. The van der Waals surface area contributed by atoms with E-state index in [1.165, 1.54) is 6.92 Å². The minimum atomic E-state index is -4.91. The lowest BCUT2D eigenvalue weighted by Gasteiger charge is -2.47. The van der Waals surface area contributed by atoms with Gasteiger partial charge in [-0.3, -0.25) is 9.35 Å². The maximum Gasteiger partial charge on any atom is 0.397 e. The number of amides is 1. The van der Waals surface area contributed by atoms with Crippen molar-refractivity contribution in [2.24, 2.45) is 5.73 Å². The smallest absolute Gasteiger partial charge is 0.394 e. The summed E-state index contributed by atoms with van der Waals surface area (Å²) >= 11 is 0. The summed E-state index contributed by atoms with van der Waals surface area (Å²) < 4.78 is 56.2. The van der Waals surface area contributed by atoms with Gasteiger partial charge in [-0.25, -0.2) is 4.18 Å².